The van der Waals surface area contributed by atoms with Crippen molar-refractivity contribution >= 4 is 29.6 Å². The van der Waals surface area contributed by atoms with Crippen LogP contribution < -0.4 is 10.1 Å². The van der Waals surface area contributed by atoms with E-state index in [9.17, 15) is 19.2 Å². The zero-order chi connectivity index (χ0) is 18.1. The Bertz CT molecular complexity index is 581. The van der Waals surface area contributed by atoms with Crippen LogP contribution in [-0.2, 0) is 28.7 Å². The van der Waals surface area contributed by atoms with E-state index in [0.717, 1.165) is 0 Å². The van der Waals surface area contributed by atoms with Gasteiger partial charge in [-0.1, -0.05) is 0 Å². The number of esters is 2. The molecule has 0 fully saturated rings. The largest absolute Gasteiger partial charge is 0.497 e. The van der Waals surface area contributed by atoms with E-state index in [-0.39, 0.29) is 0 Å². The van der Waals surface area contributed by atoms with Crippen molar-refractivity contribution in [1.82, 2.24) is 0 Å². The molecule has 0 aromatic heterocycles. The fraction of sp³-hybridized carbons (Fsp3) is 0.286. The Hall–Kier alpha value is -3.30. The maximum Gasteiger partial charge on any atom is 0.329 e. The Balaban J connectivity index is 2.77. The second-order valence-electron chi connectivity index (χ2n) is 4.33. The quantitative estimate of drug-likeness (QED) is 0.328. The molecule has 1 aromatic carbocycles. The Kier molecular flexibility index (Phi) is 7.01. The molecule has 0 bridgehead atoms. The van der Waals surface area contributed by atoms with Gasteiger partial charge in [-0.3, -0.25) is 19.2 Å². The number of carbonyl (C=O) groups is 4. The summed E-state index contributed by atoms with van der Waals surface area (Å²) in [5.74, 6) is -4.66. The molecule has 10 nitrogen and oxygen atoms in total. The van der Waals surface area contributed by atoms with Crippen LogP contribution in [0.25, 0.3) is 0 Å². The second-order valence-corrected chi connectivity index (χ2v) is 4.33. The van der Waals surface area contributed by atoms with Gasteiger partial charge >= 0.3 is 30.3 Å². The van der Waals surface area contributed by atoms with Gasteiger partial charge in [0.1, 0.15) is 18.6 Å². The van der Waals surface area contributed by atoms with Crippen molar-refractivity contribution < 1.29 is 43.6 Å². The highest BCUT2D eigenvalue weighted by molar-refractivity contribution is 5.91. The van der Waals surface area contributed by atoms with Crippen molar-refractivity contribution in [3.05, 3.63) is 24.3 Å². The van der Waals surface area contributed by atoms with Crippen LogP contribution in [-0.4, -0.2) is 47.6 Å². The number of carboxylic acids is 2. The lowest BCUT2D eigenvalue weighted by molar-refractivity contribution is -0.183. The third-order valence-corrected chi connectivity index (χ3v) is 2.44. The molecule has 1 aromatic rings. The lowest BCUT2D eigenvalue weighted by Gasteiger charge is -2.19. The Morgan fingerprint density at radius 2 is 1.42 bits per heavy atom. The molecular formula is C14H15NO9. The summed E-state index contributed by atoms with van der Waals surface area (Å²) in [6.07, 6.45) is -3.58. The number of ether oxygens (including phenoxy) is 3. The van der Waals surface area contributed by atoms with Crippen molar-refractivity contribution in [3.8, 4) is 5.75 Å². The summed E-state index contributed by atoms with van der Waals surface area (Å²) >= 11 is 0. The van der Waals surface area contributed by atoms with Crippen molar-refractivity contribution in [1.29, 1.82) is 0 Å². The van der Waals surface area contributed by atoms with Gasteiger partial charge in [0.15, 0.2) is 0 Å². The fourth-order valence-corrected chi connectivity index (χ4v) is 1.48. The minimum atomic E-state index is -1.68. The first-order valence-electron chi connectivity index (χ1n) is 6.53. The number of hydrogen-bond acceptors (Lipinski definition) is 8. The van der Waals surface area contributed by atoms with Crippen LogP contribution >= 0.6 is 0 Å². The molecule has 0 spiro atoms. The summed E-state index contributed by atoms with van der Waals surface area (Å²) in [5.41, 5.74) is 0.354. The van der Waals surface area contributed by atoms with Crippen LogP contribution in [0.15, 0.2) is 24.3 Å². The van der Waals surface area contributed by atoms with E-state index >= 15 is 0 Å². The molecule has 0 atom stereocenters. The average Bonchev–Trinajstić information content (AvgIpc) is 2.45. The molecule has 0 aliphatic rings. The number of benzene rings is 1. The standard InChI is InChI=1S/C14H15NO9/c1-22-9-4-2-8(3-5-9)15-14(23-12(20)6-10(16)17)24-13(21)7-11(18)19/h2-5,14-15H,6-7H2,1H3,(H,16,17)(H,18,19). The van der Waals surface area contributed by atoms with E-state index in [4.69, 9.17) is 14.9 Å². The number of carbonyl (C=O) groups excluding carboxylic acids is 2. The third-order valence-electron chi connectivity index (χ3n) is 2.44. The van der Waals surface area contributed by atoms with E-state index in [0.29, 0.717) is 11.4 Å². The maximum absolute atomic E-state index is 11.4. The maximum atomic E-state index is 11.4. The van der Waals surface area contributed by atoms with Gasteiger partial charge in [0.25, 0.3) is 0 Å². The van der Waals surface area contributed by atoms with E-state index < -0.39 is 43.1 Å². The van der Waals surface area contributed by atoms with Crippen LogP contribution in [0.2, 0.25) is 0 Å². The summed E-state index contributed by atoms with van der Waals surface area (Å²) in [5, 5.41) is 19.6. The van der Waals surface area contributed by atoms with E-state index in [2.05, 4.69) is 14.8 Å². The number of rotatable bonds is 9. The SMILES string of the molecule is COc1ccc(NC(OC(=O)CC(=O)O)OC(=O)CC(=O)O)cc1. The van der Waals surface area contributed by atoms with Crippen LogP contribution in [0.3, 0.4) is 0 Å². The highest BCUT2D eigenvalue weighted by Crippen LogP contribution is 2.16. The van der Waals surface area contributed by atoms with Gasteiger partial charge in [-0.05, 0) is 24.3 Å². The topological polar surface area (TPSA) is 148 Å². The molecule has 0 aliphatic heterocycles. The minimum Gasteiger partial charge on any atom is -0.497 e. The summed E-state index contributed by atoms with van der Waals surface area (Å²) < 4.78 is 14.3. The molecule has 0 saturated carbocycles. The number of methoxy groups -OCH3 is 1. The van der Waals surface area contributed by atoms with Gasteiger partial charge in [0.05, 0.1) is 7.11 Å². The van der Waals surface area contributed by atoms with Gasteiger partial charge in [-0.15, -0.1) is 0 Å². The fourth-order valence-electron chi connectivity index (χ4n) is 1.48. The Morgan fingerprint density at radius 1 is 0.958 bits per heavy atom. The lowest BCUT2D eigenvalue weighted by Crippen LogP contribution is -2.33. The first-order valence-corrected chi connectivity index (χ1v) is 6.53. The molecular weight excluding hydrogens is 326 g/mol. The van der Waals surface area contributed by atoms with Crippen molar-refractivity contribution in [3.63, 3.8) is 0 Å². The van der Waals surface area contributed by atoms with Crippen molar-refractivity contribution in [2.24, 2.45) is 0 Å². The first-order chi connectivity index (χ1) is 11.3. The van der Waals surface area contributed by atoms with Crippen LogP contribution in [0.4, 0.5) is 5.69 Å². The molecule has 1 rings (SSSR count). The third kappa shape index (κ3) is 7.11. The zero-order valence-electron chi connectivity index (χ0n) is 12.6. The normalized spacial score (nSPS) is 9.92. The number of carboxylic acid groups (broad SMARTS) is 2. The molecule has 3 N–H and O–H groups in total. The molecule has 24 heavy (non-hydrogen) atoms. The number of nitrogens with one attached hydrogen (secondary N) is 1. The summed E-state index contributed by atoms with van der Waals surface area (Å²) in [6.45, 7) is 0. The van der Waals surface area contributed by atoms with Crippen LogP contribution in [0.1, 0.15) is 12.8 Å². The zero-order valence-corrected chi connectivity index (χ0v) is 12.6. The Morgan fingerprint density at radius 3 is 1.79 bits per heavy atom. The lowest BCUT2D eigenvalue weighted by atomic mass is 10.3. The van der Waals surface area contributed by atoms with Gasteiger partial charge < -0.3 is 29.7 Å². The summed E-state index contributed by atoms with van der Waals surface area (Å²) in [4.78, 5) is 43.7. The molecule has 0 amide bonds. The minimum absolute atomic E-state index is 0.354. The number of hydrogen-bond donors (Lipinski definition) is 3. The summed E-state index contributed by atoms with van der Waals surface area (Å²) in [6, 6.07) is 6.17. The van der Waals surface area contributed by atoms with E-state index in [1.807, 2.05) is 0 Å². The molecule has 0 unspecified atom stereocenters. The predicted molar refractivity (Wildman–Crippen MR) is 77.1 cm³/mol. The molecule has 0 radical (unpaired) electrons. The van der Waals surface area contributed by atoms with Crippen molar-refractivity contribution in [2.75, 3.05) is 12.4 Å². The highest BCUT2D eigenvalue weighted by Gasteiger charge is 2.22. The van der Waals surface area contributed by atoms with Gasteiger partial charge in [0.2, 0.25) is 0 Å². The van der Waals surface area contributed by atoms with Gasteiger partial charge in [-0.2, -0.15) is 0 Å². The van der Waals surface area contributed by atoms with Gasteiger partial charge in [0, 0.05) is 5.69 Å². The van der Waals surface area contributed by atoms with Crippen molar-refractivity contribution in [2.45, 2.75) is 19.3 Å². The number of aliphatic carboxylic acids is 2. The van der Waals surface area contributed by atoms with Crippen LogP contribution in [0.5, 0.6) is 5.75 Å². The van der Waals surface area contributed by atoms with Gasteiger partial charge in [-0.25, -0.2) is 0 Å². The number of anilines is 1. The molecule has 130 valence electrons. The molecule has 0 saturated heterocycles. The van der Waals surface area contributed by atoms with Crippen LogP contribution in [0, 0.1) is 0 Å². The first kappa shape index (κ1) is 18.7. The summed E-state index contributed by atoms with van der Waals surface area (Å²) in [7, 11) is 1.46. The average molecular weight is 341 g/mol. The second kappa shape index (κ2) is 8.98. The smallest absolute Gasteiger partial charge is 0.329 e. The van der Waals surface area contributed by atoms with E-state index in [1.54, 1.807) is 12.1 Å². The predicted octanol–water partition coefficient (Wildman–Crippen LogP) is 0.426. The molecule has 10 heteroatoms. The monoisotopic (exact) mass is 341 g/mol. The molecule has 0 heterocycles. The highest BCUT2D eigenvalue weighted by atomic mass is 16.7. The van der Waals surface area contributed by atoms with E-state index in [1.165, 1.54) is 19.2 Å². The Labute approximate surface area is 135 Å². The molecule has 0 aliphatic carbocycles.